The van der Waals surface area contributed by atoms with E-state index in [-0.39, 0.29) is 24.5 Å². The van der Waals surface area contributed by atoms with Gasteiger partial charge < -0.3 is 10.1 Å². The van der Waals surface area contributed by atoms with Crippen molar-refractivity contribution >= 4 is 5.91 Å². The highest BCUT2D eigenvalue weighted by atomic mass is 19.4. The van der Waals surface area contributed by atoms with Crippen LogP contribution in [0.15, 0.2) is 48.7 Å². The van der Waals surface area contributed by atoms with Crippen LogP contribution in [0.3, 0.4) is 0 Å². The maximum absolute atomic E-state index is 12.6. The second-order valence-corrected chi connectivity index (χ2v) is 6.70. The Balaban J connectivity index is 1.43. The number of carbonyl (C=O) groups is 1. The maximum Gasteiger partial charge on any atom is 0.416 e. The van der Waals surface area contributed by atoms with Gasteiger partial charge in [-0.15, -0.1) is 0 Å². The highest BCUT2D eigenvalue weighted by molar-refractivity contribution is 5.78. The number of aromatic nitrogens is 1. The van der Waals surface area contributed by atoms with Crippen LogP contribution in [0.5, 0.6) is 5.88 Å². The predicted molar refractivity (Wildman–Crippen MR) is 94.2 cm³/mol. The third kappa shape index (κ3) is 5.70. The first-order valence-corrected chi connectivity index (χ1v) is 8.93. The lowest BCUT2D eigenvalue weighted by molar-refractivity contribution is -0.137. The number of nitrogens with zero attached hydrogens (tertiary/aromatic N) is 1. The molecule has 0 radical (unpaired) electrons. The molecule has 1 saturated carbocycles. The molecule has 1 aliphatic carbocycles. The summed E-state index contributed by atoms with van der Waals surface area (Å²) in [6.45, 7) is 0. The summed E-state index contributed by atoms with van der Waals surface area (Å²) >= 11 is 0. The van der Waals surface area contributed by atoms with Crippen LogP contribution in [0.2, 0.25) is 0 Å². The lowest BCUT2D eigenvalue weighted by Gasteiger charge is -2.29. The Morgan fingerprint density at radius 3 is 2.37 bits per heavy atom. The van der Waals surface area contributed by atoms with Gasteiger partial charge in [0.1, 0.15) is 6.10 Å². The van der Waals surface area contributed by atoms with E-state index in [9.17, 15) is 18.0 Å². The first kappa shape index (κ1) is 19.2. The van der Waals surface area contributed by atoms with Crippen LogP contribution in [0, 0.1) is 0 Å². The minimum Gasteiger partial charge on any atom is -0.474 e. The number of benzene rings is 1. The van der Waals surface area contributed by atoms with Gasteiger partial charge in [0.05, 0.1) is 12.0 Å². The minimum atomic E-state index is -4.36. The highest BCUT2D eigenvalue weighted by Crippen LogP contribution is 2.29. The monoisotopic (exact) mass is 378 g/mol. The number of ether oxygens (including phenoxy) is 1. The number of halogens is 3. The number of hydrogen-bond acceptors (Lipinski definition) is 3. The Hall–Kier alpha value is -2.57. The summed E-state index contributed by atoms with van der Waals surface area (Å²) in [6, 6.07) is 10.3. The van der Waals surface area contributed by atoms with E-state index in [2.05, 4.69) is 10.3 Å². The van der Waals surface area contributed by atoms with E-state index in [4.69, 9.17) is 4.74 Å². The van der Waals surface area contributed by atoms with Gasteiger partial charge in [-0.25, -0.2) is 4.98 Å². The molecule has 0 aliphatic heterocycles. The van der Waals surface area contributed by atoms with Crippen molar-refractivity contribution in [1.82, 2.24) is 10.3 Å². The quantitative estimate of drug-likeness (QED) is 0.850. The Morgan fingerprint density at radius 2 is 1.78 bits per heavy atom. The smallest absolute Gasteiger partial charge is 0.416 e. The van der Waals surface area contributed by atoms with E-state index < -0.39 is 11.7 Å². The van der Waals surface area contributed by atoms with Gasteiger partial charge in [0.2, 0.25) is 11.8 Å². The fraction of sp³-hybridized carbons (Fsp3) is 0.400. The summed E-state index contributed by atoms with van der Waals surface area (Å²) in [4.78, 5) is 16.3. The second-order valence-electron chi connectivity index (χ2n) is 6.70. The molecule has 0 atom stereocenters. The Labute approximate surface area is 155 Å². The van der Waals surface area contributed by atoms with Crippen molar-refractivity contribution in [3.63, 3.8) is 0 Å². The molecule has 144 valence electrons. The maximum atomic E-state index is 12.6. The van der Waals surface area contributed by atoms with Gasteiger partial charge in [0.25, 0.3) is 0 Å². The molecule has 1 aromatic heterocycles. The van der Waals surface area contributed by atoms with Gasteiger partial charge in [-0.05, 0) is 49.4 Å². The molecule has 3 rings (SSSR count). The summed E-state index contributed by atoms with van der Waals surface area (Å²) in [5.41, 5.74) is -0.148. The number of alkyl halides is 3. The van der Waals surface area contributed by atoms with Crippen LogP contribution in [-0.4, -0.2) is 23.0 Å². The molecule has 4 nitrogen and oxygen atoms in total. The normalized spacial score (nSPS) is 20.1. The molecule has 0 spiro atoms. The molecule has 0 saturated heterocycles. The van der Waals surface area contributed by atoms with E-state index in [1.165, 1.54) is 12.1 Å². The fourth-order valence-electron chi connectivity index (χ4n) is 3.19. The molecular weight excluding hydrogens is 357 g/mol. The average molecular weight is 378 g/mol. The van der Waals surface area contributed by atoms with Gasteiger partial charge in [-0.1, -0.05) is 18.2 Å². The Morgan fingerprint density at radius 1 is 1.07 bits per heavy atom. The number of amides is 1. The average Bonchev–Trinajstić information content (AvgIpc) is 2.64. The van der Waals surface area contributed by atoms with Crippen molar-refractivity contribution in [1.29, 1.82) is 0 Å². The van der Waals surface area contributed by atoms with Gasteiger partial charge in [0.15, 0.2) is 0 Å². The molecule has 1 aliphatic rings. The molecule has 0 unspecified atom stereocenters. The van der Waals surface area contributed by atoms with Gasteiger partial charge in [-0.2, -0.15) is 13.2 Å². The molecule has 1 N–H and O–H groups in total. The zero-order valence-electron chi connectivity index (χ0n) is 14.7. The number of carbonyl (C=O) groups excluding carboxylic acids is 1. The van der Waals surface area contributed by atoms with Crippen molar-refractivity contribution in [3.05, 3.63) is 59.8 Å². The van der Waals surface area contributed by atoms with Crippen LogP contribution < -0.4 is 10.1 Å². The SMILES string of the molecule is O=C(Cc1ccc(C(F)(F)F)cc1)NC1CCC(Oc2ccccn2)CC1. The third-order valence-corrected chi connectivity index (χ3v) is 4.61. The van der Waals surface area contributed by atoms with E-state index in [0.29, 0.717) is 11.4 Å². The van der Waals surface area contributed by atoms with Crippen LogP contribution in [0.4, 0.5) is 13.2 Å². The molecule has 1 fully saturated rings. The summed E-state index contributed by atoms with van der Waals surface area (Å²) in [6.07, 6.45) is 0.723. The number of rotatable bonds is 5. The van der Waals surface area contributed by atoms with E-state index in [1.54, 1.807) is 6.20 Å². The van der Waals surface area contributed by atoms with Crippen LogP contribution in [0.25, 0.3) is 0 Å². The standard InChI is InChI=1S/C20H21F3N2O2/c21-20(22,23)15-6-4-14(5-7-15)13-18(26)25-16-8-10-17(11-9-16)27-19-3-1-2-12-24-19/h1-7,12,16-17H,8-11,13H2,(H,25,26). The van der Waals surface area contributed by atoms with Gasteiger partial charge >= 0.3 is 6.18 Å². The first-order valence-electron chi connectivity index (χ1n) is 8.93. The first-order chi connectivity index (χ1) is 12.9. The van der Waals surface area contributed by atoms with E-state index in [1.807, 2.05) is 18.2 Å². The predicted octanol–water partition coefficient (Wildman–Crippen LogP) is 4.15. The van der Waals surface area contributed by atoms with E-state index >= 15 is 0 Å². The fourth-order valence-corrected chi connectivity index (χ4v) is 3.19. The molecule has 1 heterocycles. The number of pyridine rings is 1. The molecule has 1 amide bonds. The molecule has 7 heteroatoms. The largest absolute Gasteiger partial charge is 0.474 e. The molecule has 2 aromatic rings. The Kier molecular flexibility index (Phi) is 5.98. The topological polar surface area (TPSA) is 51.2 Å². The lowest BCUT2D eigenvalue weighted by atomic mass is 9.92. The van der Waals surface area contributed by atoms with E-state index in [0.717, 1.165) is 37.8 Å². The third-order valence-electron chi connectivity index (χ3n) is 4.61. The molecular formula is C20H21F3N2O2. The molecule has 0 bridgehead atoms. The number of nitrogens with one attached hydrogen (secondary N) is 1. The van der Waals surface area contributed by atoms with Crippen LogP contribution >= 0.6 is 0 Å². The van der Waals surface area contributed by atoms with Crippen LogP contribution in [0.1, 0.15) is 36.8 Å². The lowest BCUT2D eigenvalue weighted by Crippen LogP contribution is -2.40. The summed E-state index contributed by atoms with van der Waals surface area (Å²) in [5.74, 6) is 0.427. The van der Waals surface area contributed by atoms with Crippen molar-refractivity contribution in [2.24, 2.45) is 0 Å². The molecule has 27 heavy (non-hydrogen) atoms. The zero-order valence-corrected chi connectivity index (χ0v) is 14.7. The number of hydrogen-bond donors (Lipinski definition) is 1. The summed E-state index contributed by atoms with van der Waals surface area (Å²) in [7, 11) is 0. The van der Waals surface area contributed by atoms with Crippen molar-refractivity contribution in [2.45, 2.75) is 50.4 Å². The Bertz CT molecular complexity index is 740. The summed E-state index contributed by atoms with van der Waals surface area (Å²) in [5, 5.41) is 2.96. The minimum absolute atomic E-state index is 0.0653. The van der Waals surface area contributed by atoms with Crippen molar-refractivity contribution in [2.75, 3.05) is 0 Å². The summed E-state index contributed by atoms with van der Waals surface area (Å²) < 4.78 is 43.5. The highest BCUT2D eigenvalue weighted by Gasteiger charge is 2.30. The molecule has 1 aromatic carbocycles. The van der Waals surface area contributed by atoms with Gasteiger partial charge in [-0.3, -0.25) is 4.79 Å². The van der Waals surface area contributed by atoms with Crippen molar-refractivity contribution in [3.8, 4) is 5.88 Å². The van der Waals surface area contributed by atoms with Crippen molar-refractivity contribution < 1.29 is 22.7 Å². The second kappa shape index (κ2) is 8.41. The zero-order chi connectivity index (χ0) is 19.3. The van der Waals surface area contributed by atoms with Gasteiger partial charge in [0, 0.05) is 18.3 Å². The van der Waals surface area contributed by atoms with Crippen LogP contribution in [-0.2, 0) is 17.4 Å².